The minimum atomic E-state index is -0.0945. The second-order valence-electron chi connectivity index (χ2n) is 6.63. The molecule has 0 aliphatic heterocycles. The number of thioether (sulfide) groups is 1. The minimum absolute atomic E-state index is 0.0945. The number of hydrogen-bond donors (Lipinski definition) is 2. The first-order chi connectivity index (χ1) is 14.6. The lowest BCUT2D eigenvalue weighted by molar-refractivity contribution is -0.115. The first-order valence-electron chi connectivity index (χ1n) is 9.67. The summed E-state index contributed by atoms with van der Waals surface area (Å²) in [6.07, 6.45) is 2.30. The highest BCUT2D eigenvalue weighted by Gasteiger charge is 2.10. The predicted octanol–water partition coefficient (Wildman–Crippen LogP) is 4.60. The molecule has 0 unspecified atom stereocenters. The van der Waals surface area contributed by atoms with Crippen LogP contribution in [0.3, 0.4) is 0 Å². The highest BCUT2D eigenvalue weighted by molar-refractivity contribution is 7.98. The molecule has 0 atom stereocenters. The molecular weight excluding hydrogens is 396 g/mol. The molecule has 0 radical (unpaired) electrons. The van der Waals surface area contributed by atoms with Gasteiger partial charge < -0.3 is 20.5 Å². The Morgan fingerprint density at radius 3 is 2.63 bits per heavy atom. The van der Waals surface area contributed by atoms with Gasteiger partial charge in [0.05, 0.1) is 13.5 Å². The summed E-state index contributed by atoms with van der Waals surface area (Å²) in [7, 11) is 1.58. The maximum absolute atomic E-state index is 12.6. The molecule has 6 heteroatoms. The van der Waals surface area contributed by atoms with Gasteiger partial charge in [-0.3, -0.25) is 4.79 Å². The van der Waals surface area contributed by atoms with Crippen molar-refractivity contribution >= 4 is 23.4 Å². The Kier molecular flexibility index (Phi) is 7.76. The van der Waals surface area contributed by atoms with E-state index >= 15 is 0 Å². The fraction of sp³-hybridized carbons (Fsp3) is 0.208. The summed E-state index contributed by atoms with van der Waals surface area (Å²) in [4.78, 5) is 13.8. The molecule has 156 valence electrons. The van der Waals surface area contributed by atoms with Crippen molar-refractivity contribution in [1.82, 2.24) is 0 Å². The van der Waals surface area contributed by atoms with E-state index in [0.29, 0.717) is 24.7 Å². The van der Waals surface area contributed by atoms with Crippen LogP contribution in [0.1, 0.15) is 5.56 Å². The number of amides is 1. The summed E-state index contributed by atoms with van der Waals surface area (Å²) in [6, 6.07) is 21.6. The fourth-order valence-corrected chi connectivity index (χ4v) is 3.77. The van der Waals surface area contributed by atoms with Crippen molar-refractivity contribution in [1.29, 1.82) is 0 Å². The molecule has 0 aliphatic rings. The van der Waals surface area contributed by atoms with Crippen LogP contribution in [-0.2, 0) is 11.2 Å². The normalized spacial score (nSPS) is 10.5. The molecule has 0 spiro atoms. The van der Waals surface area contributed by atoms with Crippen molar-refractivity contribution < 1.29 is 14.3 Å². The SMILES string of the molecule is COc1cc(CC(=O)Nc2cccc(-c3ccccc3SC)c2)ccc1OCCN. The van der Waals surface area contributed by atoms with E-state index in [1.54, 1.807) is 24.9 Å². The van der Waals surface area contributed by atoms with Crippen molar-refractivity contribution in [3.8, 4) is 22.6 Å². The molecule has 0 aliphatic carbocycles. The number of rotatable bonds is 9. The summed E-state index contributed by atoms with van der Waals surface area (Å²) in [5.41, 5.74) is 9.31. The molecule has 3 aromatic rings. The molecule has 0 bridgehead atoms. The Bertz CT molecular complexity index is 1010. The van der Waals surface area contributed by atoms with Gasteiger partial charge in [0.15, 0.2) is 11.5 Å². The van der Waals surface area contributed by atoms with Gasteiger partial charge >= 0.3 is 0 Å². The van der Waals surface area contributed by atoms with E-state index in [1.165, 1.54) is 4.90 Å². The summed E-state index contributed by atoms with van der Waals surface area (Å²) < 4.78 is 10.9. The zero-order chi connectivity index (χ0) is 21.3. The second-order valence-corrected chi connectivity index (χ2v) is 7.48. The van der Waals surface area contributed by atoms with Crippen LogP contribution in [-0.4, -0.2) is 32.4 Å². The quantitative estimate of drug-likeness (QED) is 0.493. The fourth-order valence-electron chi connectivity index (χ4n) is 3.15. The topological polar surface area (TPSA) is 73.6 Å². The highest BCUT2D eigenvalue weighted by atomic mass is 32.2. The van der Waals surface area contributed by atoms with Crippen LogP contribution >= 0.6 is 11.8 Å². The standard InChI is InChI=1S/C24H26N2O3S/c1-28-22-14-17(10-11-21(22)29-13-12-25)15-24(27)26-19-7-5-6-18(16-19)20-8-3-4-9-23(20)30-2/h3-11,14,16H,12-13,15,25H2,1-2H3,(H,26,27). The highest BCUT2D eigenvalue weighted by Crippen LogP contribution is 2.31. The molecule has 0 heterocycles. The van der Waals surface area contributed by atoms with Crippen LogP contribution in [0.15, 0.2) is 71.6 Å². The molecule has 0 fully saturated rings. The largest absolute Gasteiger partial charge is 0.493 e. The number of benzene rings is 3. The molecule has 1 amide bonds. The number of nitrogens with two attached hydrogens (primary N) is 1. The number of carbonyl (C=O) groups excluding carboxylic acids is 1. The lowest BCUT2D eigenvalue weighted by atomic mass is 10.0. The van der Waals surface area contributed by atoms with E-state index in [4.69, 9.17) is 15.2 Å². The molecule has 0 aromatic heterocycles. The summed E-state index contributed by atoms with van der Waals surface area (Å²) in [5, 5.41) is 2.99. The smallest absolute Gasteiger partial charge is 0.228 e. The van der Waals surface area contributed by atoms with E-state index in [9.17, 15) is 4.79 Å². The van der Waals surface area contributed by atoms with Crippen LogP contribution in [0.2, 0.25) is 0 Å². The van der Waals surface area contributed by atoms with Crippen molar-refractivity contribution in [3.05, 3.63) is 72.3 Å². The van der Waals surface area contributed by atoms with Crippen LogP contribution in [0.5, 0.6) is 11.5 Å². The van der Waals surface area contributed by atoms with Crippen LogP contribution < -0.4 is 20.5 Å². The van der Waals surface area contributed by atoms with Crippen molar-refractivity contribution in [2.45, 2.75) is 11.3 Å². The number of carbonyl (C=O) groups is 1. The minimum Gasteiger partial charge on any atom is -0.493 e. The van der Waals surface area contributed by atoms with Crippen LogP contribution in [0, 0.1) is 0 Å². The number of hydrogen-bond acceptors (Lipinski definition) is 5. The Morgan fingerprint density at radius 1 is 1.03 bits per heavy atom. The van der Waals surface area contributed by atoms with Gasteiger partial charge in [-0.15, -0.1) is 11.8 Å². The Hall–Kier alpha value is -2.96. The average Bonchev–Trinajstić information content (AvgIpc) is 2.78. The summed E-state index contributed by atoms with van der Waals surface area (Å²) >= 11 is 1.70. The van der Waals surface area contributed by atoms with E-state index in [2.05, 4.69) is 29.8 Å². The third-order valence-corrected chi connectivity index (χ3v) is 5.33. The van der Waals surface area contributed by atoms with E-state index in [-0.39, 0.29) is 12.3 Å². The van der Waals surface area contributed by atoms with E-state index in [1.807, 2.05) is 42.5 Å². The Morgan fingerprint density at radius 2 is 1.87 bits per heavy atom. The molecule has 0 saturated carbocycles. The van der Waals surface area contributed by atoms with Gasteiger partial charge in [0, 0.05) is 17.1 Å². The van der Waals surface area contributed by atoms with E-state index in [0.717, 1.165) is 22.4 Å². The van der Waals surface area contributed by atoms with Gasteiger partial charge in [-0.1, -0.05) is 36.4 Å². The molecule has 3 N–H and O–H groups in total. The average molecular weight is 423 g/mol. The van der Waals surface area contributed by atoms with Crippen molar-refractivity contribution in [2.24, 2.45) is 5.73 Å². The van der Waals surface area contributed by atoms with Crippen LogP contribution in [0.25, 0.3) is 11.1 Å². The van der Waals surface area contributed by atoms with Crippen LogP contribution in [0.4, 0.5) is 5.69 Å². The zero-order valence-corrected chi connectivity index (χ0v) is 18.0. The maximum atomic E-state index is 12.6. The molecule has 30 heavy (non-hydrogen) atoms. The molecule has 3 rings (SSSR count). The van der Waals surface area contributed by atoms with E-state index < -0.39 is 0 Å². The molecule has 0 saturated heterocycles. The maximum Gasteiger partial charge on any atom is 0.228 e. The second kappa shape index (κ2) is 10.7. The summed E-state index contributed by atoms with van der Waals surface area (Å²) in [6.45, 7) is 0.833. The first kappa shape index (κ1) is 21.7. The Balaban J connectivity index is 1.71. The van der Waals surface area contributed by atoms with Gasteiger partial charge in [0.25, 0.3) is 0 Å². The third-order valence-electron chi connectivity index (χ3n) is 4.53. The first-order valence-corrected chi connectivity index (χ1v) is 10.9. The number of methoxy groups -OCH3 is 1. The predicted molar refractivity (Wildman–Crippen MR) is 124 cm³/mol. The molecule has 5 nitrogen and oxygen atoms in total. The monoisotopic (exact) mass is 422 g/mol. The number of ether oxygens (including phenoxy) is 2. The van der Waals surface area contributed by atoms with Crippen molar-refractivity contribution in [2.75, 3.05) is 31.8 Å². The molecule has 3 aromatic carbocycles. The Labute approximate surface area is 181 Å². The lowest BCUT2D eigenvalue weighted by Crippen LogP contribution is -2.14. The van der Waals surface area contributed by atoms with Gasteiger partial charge in [-0.05, 0) is 53.3 Å². The number of anilines is 1. The lowest BCUT2D eigenvalue weighted by Gasteiger charge is -2.12. The van der Waals surface area contributed by atoms with Crippen molar-refractivity contribution in [3.63, 3.8) is 0 Å². The summed E-state index contributed by atoms with van der Waals surface area (Å²) in [5.74, 6) is 1.11. The zero-order valence-electron chi connectivity index (χ0n) is 17.2. The third kappa shape index (κ3) is 5.55. The van der Waals surface area contributed by atoms with Gasteiger partial charge in [0.1, 0.15) is 6.61 Å². The van der Waals surface area contributed by atoms with Gasteiger partial charge in [-0.25, -0.2) is 0 Å². The number of nitrogens with one attached hydrogen (secondary N) is 1. The van der Waals surface area contributed by atoms with Gasteiger partial charge in [-0.2, -0.15) is 0 Å². The molecular formula is C24H26N2O3S. The van der Waals surface area contributed by atoms with Gasteiger partial charge in [0.2, 0.25) is 5.91 Å².